The molecule has 0 spiro atoms. The average molecular weight is 464 g/mol. The summed E-state index contributed by atoms with van der Waals surface area (Å²) in [7, 11) is -4.05. The van der Waals surface area contributed by atoms with Gasteiger partial charge in [0, 0.05) is 18.0 Å². The zero-order valence-corrected chi connectivity index (χ0v) is 17.7. The molecule has 1 N–H and O–H groups in total. The number of anilines is 1. The predicted octanol–water partition coefficient (Wildman–Crippen LogP) is 2.93. The van der Waals surface area contributed by atoms with Gasteiger partial charge >= 0.3 is 0 Å². The molecule has 0 unspecified atom stereocenters. The number of fused-ring (bicyclic) bond motifs is 1. The average Bonchev–Trinajstić information content (AvgIpc) is 3.27. The Kier molecular flexibility index (Phi) is 6.12. The highest BCUT2D eigenvalue weighted by atomic mass is 35.5. The number of benzene rings is 1. The summed E-state index contributed by atoms with van der Waals surface area (Å²) in [6.07, 6.45) is 2.57. The molecular weight excluding hydrogens is 446 g/mol. The van der Waals surface area contributed by atoms with Gasteiger partial charge < -0.3 is 19.2 Å². The minimum atomic E-state index is -4.05. The summed E-state index contributed by atoms with van der Waals surface area (Å²) in [6, 6.07) is 10.9. The number of furan rings is 1. The van der Waals surface area contributed by atoms with Gasteiger partial charge in [0.05, 0.1) is 19.4 Å². The van der Waals surface area contributed by atoms with Crippen LogP contribution in [0.25, 0.3) is 0 Å². The van der Waals surface area contributed by atoms with Gasteiger partial charge in [-0.3, -0.25) is 4.79 Å². The summed E-state index contributed by atoms with van der Waals surface area (Å²) in [5.41, 5.74) is 0.456. The maximum atomic E-state index is 13.1. The van der Waals surface area contributed by atoms with Crippen LogP contribution in [0.3, 0.4) is 0 Å². The molecule has 0 atom stereocenters. The molecule has 0 saturated heterocycles. The van der Waals surface area contributed by atoms with Crippen molar-refractivity contribution in [3.63, 3.8) is 0 Å². The Hall–Kier alpha value is -3.08. The van der Waals surface area contributed by atoms with Crippen molar-refractivity contribution in [2.45, 2.75) is 11.4 Å². The fourth-order valence-electron chi connectivity index (χ4n) is 2.95. The maximum Gasteiger partial charge on any atom is 0.245 e. The van der Waals surface area contributed by atoms with E-state index < -0.39 is 22.5 Å². The number of ether oxygens (including phenoxy) is 2. The van der Waals surface area contributed by atoms with Crippen molar-refractivity contribution in [3.8, 4) is 11.5 Å². The van der Waals surface area contributed by atoms with Gasteiger partial charge in [0.25, 0.3) is 0 Å². The molecular formula is C20H18ClN3O6S. The highest BCUT2D eigenvalue weighted by molar-refractivity contribution is 7.89. The molecule has 11 heteroatoms. The zero-order chi connectivity index (χ0) is 21.8. The molecule has 2 aromatic heterocycles. The molecule has 0 fully saturated rings. The summed E-state index contributed by atoms with van der Waals surface area (Å²) in [5, 5.41) is 2.85. The van der Waals surface area contributed by atoms with Crippen LogP contribution in [-0.4, -0.2) is 43.4 Å². The predicted molar refractivity (Wildman–Crippen MR) is 112 cm³/mol. The van der Waals surface area contributed by atoms with Crippen molar-refractivity contribution in [2.75, 3.05) is 25.1 Å². The second-order valence-electron chi connectivity index (χ2n) is 6.58. The lowest BCUT2D eigenvalue weighted by molar-refractivity contribution is -0.116. The number of sulfonamides is 1. The number of carbonyl (C=O) groups excluding carboxylic acids is 1. The van der Waals surface area contributed by atoms with E-state index in [1.807, 2.05) is 0 Å². The first-order valence-corrected chi connectivity index (χ1v) is 11.1. The van der Waals surface area contributed by atoms with Crippen molar-refractivity contribution in [1.29, 1.82) is 0 Å². The first-order valence-electron chi connectivity index (χ1n) is 9.25. The van der Waals surface area contributed by atoms with Gasteiger partial charge in [-0.05, 0) is 36.4 Å². The molecule has 1 aliphatic rings. The van der Waals surface area contributed by atoms with Gasteiger partial charge in [-0.15, -0.1) is 0 Å². The number of nitrogens with one attached hydrogen (secondary N) is 1. The van der Waals surface area contributed by atoms with E-state index in [2.05, 4.69) is 10.3 Å². The second kappa shape index (κ2) is 8.96. The summed E-state index contributed by atoms with van der Waals surface area (Å²) in [6.45, 7) is 0.291. The Bertz CT molecular complexity index is 1170. The topological polar surface area (TPSA) is 111 Å². The van der Waals surface area contributed by atoms with Crippen molar-refractivity contribution in [1.82, 2.24) is 9.29 Å². The highest BCUT2D eigenvalue weighted by Crippen LogP contribution is 2.32. The number of amides is 1. The number of pyridine rings is 1. The monoisotopic (exact) mass is 463 g/mol. The SMILES string of the molecule is O=C(CN(Cc1ccco1)S(=O)(=O)c1ccc(Cl)nc1)Nc1ccc2c(c1)OCCO2. The standard InChI is InChI=1S/C20H18ClN3O6S/c21-19-6-4-16(11-22-19)31(26,27)24(12-15-2-1-7-28-15)13-20(25)23-14-3-5-17-18(10-14)30-9-8-29-17/h1-7,10-11H,8-9,12-13H2,(H,23,25). The Morgan fingerprint density at radius 3 is 2.65 bits per heavy atom. The third-order valence-corrected chi connectivity index (χ3v) is 6.40. The fourth-order valence-corrected chi connectivity index (χ4v) is 4.37. The molecule has 3 heterocycles. The molecule has 4 rings (SSSR count). The number of aromatic nitrogens is 1. The van der Waals surface area contributed by atoms with E-state index in [-0.39, 0.29) is 16.6 Å². The van der Waals surface area contributed by atoms with Crippen molar-refractivity contribution < 1.29 is 27.1 Å². The van der Waals surface area contributed by atoms with E-state index in [1.54, 1.807) is 30.3 Å². The third-order valence-electron chi connectivity index (χ3n) is 4.40. The quantitative estimate of drug-likeness (QED) is 0.536. The van der Waals surface area contributed by atoms with Crippen molar-refractivity contribution in [2.24, 2.45) is 0 Å². The van der Waals surface area contributed by atoms with Crippen molar-refractivity contribution >= 4 is 33.2 Å². The van der Waals surface area contributed by atoms with E-state index >= 15 is 0 Å². The maximum absolute atomic E-state index is 13.1. The van der Waals surface area contributed by atoms with Gasteiger partial charge in [-0.25, -0.2) is 13.4 Å². The van der Waals surface area contributed by atoms with Crippen LogP contribution in [-0.2, 0) is 21.4 Å². The number of hydrogen-bond acceptors (Lipinski definition) is 7. The van der Waals surface area contributed by atoms with Crippen LogP contribution in [0.5, 0.6) is 11.5 Å². The van der Waals surface area contributed by atoms with Gasteiger partial charge in [-0.2, -0.15) is 4.31 Å². The summed E-state index contributed by atoms with van der Waals surface area (Å²) < 4.78 is 43.5. The van der Waals surface area contributed by atoms with Crippen LogP contribution in [0.1, 0.15) is 5.76 Å². The van der Waals surface area contributed by atoms with Crippen LogP contribution < -0.4 is 14.8 Å². The summed E-state index contributed by atoms with van der Waals surface area (Å²) in [5.74, 6) is 0.948. The Morgan fingerprint density at radius 2 is 1.94 bits per heavy atom. The van der Waals surface area contributed by atoms with E-state index in [9.17, 15) is 13.2 Å². The van der Waals surface area contributed by atoms with Crippen LogP contribution in [0.2, 0.25) is 5.15 Å². The molecule has 162 valence electrons. The molecule has 0 radical (unpaired) electrons. The first-order chi connectivity index (χ1) is 14.9. The van der Waals surface area contributed by atoms with E-state index in [4.69, 9.17) is 25.5 Å². The van der Waals surface area contributed by atoms with Gasteiger partial charge in [-0.1, -0.05) is 11.6 Å². The third kappa shape index (κ3) is 4.98. The van der Waals surface area contributed by atoms with E-state index in [1.165, 1.54) is 18.4 Å². The zero-order valence-electron chi connectivity index (χ0n) is 16.2. The van der Waals surface area contributed by atoms with Gasteiger partial charge in [0.1, 0.15) is 29.0 Å². The van der Waals surface area contributed by atoms with Crippen LogP contribution in [0.4, 0.5) is 5.69 Å². The van der Waals surface area contributed by atoms with Gasteiger partial charge in [0.15, 0.2) is 11.5 Å². The number of carbonyl (C=O) groups is 1. The van der Waals surface area contributed by atoms with Gasteiger partial charge in [0.2, 0.25) is 15.9 Å². The number of nitrogens with zero attached hydrogens (tertiary/aromatic N) is 2. The number of halogens is 1. The molecule has 1 amide bonds. The molecule has 0 bridgehead atoms. The summed E-state index contributed by atoms with van der Waals surface area (Å²) >= 11 is 5.76. The van der Waals surface area contributed by atoms with E-state index in [0.717, 1.165) is 10.5 Å². The van der Waals surface area contributed by atoms with Crippen LogP contribution in [0, 0.1) is 0 Å². The molecule has 0 saturated carbocycles. The minimum Gasteiger partial charge on any atom is -0.486 e. The fraction of sp³-hybridized carbons (Fsp3) is 0.200. The van der Waals surface area contributed by atoms with Crippen LogP contribution in [0.15, 0.2) is 64.2 Å². The Balaban J connectivity index is 1.54. The lowest BCUT2D eigenvalue weighted by Crippen LogP contribution is -2.37. The first kappa shape index (κ1) is 21.2. The molecule has 1 aromatic carbocycles. The number of hydrogen-bond donors (Lipinski definition) is 1. The molecule has 9 nitrogen and oxygen atoms in total. The molecule has 31 heavy (non-hydrogen) atoms. The number of rotatable bonds is 7. The van der Waals surface area contributed by atoms with Crippen LogP contribution >= 0.6 is 11.6 Å². The Labute approximate surface area is 183 Å². The van der Waals surface area contributed by atoms with E-state index in [0.29, 0.717) is 36.2 Å². The largest absolute Gasteiger partial charge is 0.486 e. The highest BCUT2D eigenvalue weighted by Gasteiger charge is 2.28. The molecule has 3 aromatic rings. The van der Waals surface area contributed by atoms with Crippen molar-refractivity contribution in [3.05, 3.63) is 65.8 Å². The Morgan fingerprint density at radius 1 is 1.13 bits per heavy atom. The lowest BCUT2D eigenvalue weighted by atomic mass is 10.2. The molecule has 1 aliphatic heterocycles. The second-order valence-corrected chi connectivity index (χ2v) is 8.90. The lowest BCUT2D eigenvalue weighted by Gasteiger charge is -2.21. The normalized spacial score (nSPS) is 13.2. The minimum absolute atomic E-state index is 0.0874. The summed E-state index contributed by atoms with van der Waals surface area (Å²) in [4.78, 5) is 16.4. The smallest absolute Gasteiger partial charge is 0.245 e. The molecule has 0 aliphatic carbocycles.